The SMILES string of the molecule is CCNC(=NCCC(CC)N1CCCC1=O)NC1CCCCC1.I. The molecule has 140 valence electrons. The average molecular weight is 450 g/mol. The molecule has 0 bridgehead atoms. The summed E-state index contributed by atoms with van der Waals surface area (Å²) in [5.41, 5.74) is 0. The highest BCUT2D eigenvalue weighted by molar-refractivity contribution is 14.0. The molecule has 1 heterocycles. The van der Waals surface area contributed by atoms with Crippen molar-refractivity contribution in [3.63, 3.8) is 0 Å². The largest absolute Gasteiger partial charge is 0.357 e. The molecule has 6 heteroatoms. The van der Waals surface area contributed by atoms with Crippen LogP contribution in [-0.2, 0) is 4.79 Å². The first-order chi connectivity index (χ1) is 11.2. The molecule has 1 saturated heterocycles. The fraction of sp³-hybridized carbons (Fsp3) is 0.889. The summed E-state index contributed by atoms with van der Waals surface area (Å²) in [6.07, 6.45) is 10.3. The average Bonchev–Trinajstić information content (AvgIpc) is 2.99. The summed E-state index contributed by atoms with van der Waals surface area (Å²) in [6.45, 7) is 6.88. The van der Waals surface area contributed by atoms with E-state index >= 15 is 0 Å². The Morgan fingerprint density at radius 2 is 2.00 bits per heavy atom. The molecule has 1 atom stereocenters. The van der Waals surface area contributed by atoms with E-state index < -0.39 is 0 Å². The molecule has 1 saturated carbocycles. The lowest BCUT2D eigenvalue weighted by Crippen LogP contribution is -2.44. The van der Waals surface area contributed by atoms with Crippen LogP contribution in [0.15, 0.2) is 4.99 Å². The van der Waals surface area contributed by atoms with Gasteiger partial charge in [0.1, 0.15) is 0 Å². The van der Waals surface area contributed by atoms with Gasteiger partial charge in [-0.25, -0.2) is 0 Å². The van der Waals surface area contributed by atoms with Gasteiger partial charge in [0.25, 0.3) is 0 Å². The van der Waals surface area contributed by atoms with Gasteiger partial charge in [-0.2, -0.15) is 0 Å². The van der Waals surface area contributed by atoms with E-state index in [4.69, 9.17) is 4.99 Å². The number of nitrogens with one attached hydrogen (secondary N) is 2. The number of nitrogens with zero attached hydrogens (tertiary/aromatic N) is 2. The molecule has 2 aliphatic rings. The predicted octanol–water partition coefficient (Wildman–Crippen LogP) is 3.28. The second kappa shape index (κ2) is 11.9. The zero-order valence-electron chi connectivity index (χ0n) is 15.4. The summed E-state index contributed by atoms with van der Waals surface area (Å²) >= 11 is 0. The molecule has 0 aromatic carbocycles. The number of carbonyl (C=O) groups excluding carboxylic acids is 1. The van der Waals surface area contributed by atoms with E-state index in [2.05, 4.69) is 29.4 Å². The van der Waals surface area contributed by atoms with Gasteiger partial charge >= 0.3 is 0 Å². The van der Waals surface area contributed by atoms with Crippen molar-refractivity contribution < 1.29 is 4.79 Å². The Bertz CT molecular complexity index is 396. The molecule has 1 amide bonds. The Labute approximate surface area is 164 Å². The fourth-order valence-corrected chi connectivity index (χ4v) is 3.72. The zero-order chi connectivity index (χ0) is 16.5. The molecule has 1 aliphatic heterocycles. The van der Waals surface area contributed by atoms with Crippen LogP contribution in [0.3, 0.4) is 0 Å². The first-order valence-corrected chi connectivity index (χ1v) is 9.58. The molecule has 24 heavy (non-hydrogen) atoms. The zero-order valence-corrected chi connectivity index (χ0v) is 17.7. The van der Waals surface area contributed by atoms with Gasteiger partial charge in [0.05, 0.1) is 0 Å². The van der Waals surface area contributed by atoms with Crippen LogP contribution in [0, 0.1) is 0 Å². The maximum atomic E-state index is 11.9. The minimum atomic E-state index is 0. The van der Waals surface area contributed by atoms with E-state index in [-0.39, 0.29) is 24.0 Å². The number of aliphatic imine (C=N–C) groups is 1. The van der Waals surface area contributed by atoms with Gasteiger partial charge in [-0.05, 0) is 39.0 Å². The molecule has 0 aromatic rings. The monoisotopic (exact) mass is 450 g/mol. The molecular formula is C18H35IN4O. The number of likely N-dealkylation sites (tertiary alicyclic amines) is 1. The molecule has 2 N–H and O–H groups in total. The van der Waals surface area contributed by atoms with Crippen molar-refractivity contribution in [1.82, 2.24) is 15.5 Å². The van der Waals surface area contributed by atoms with E-state index in [9.17, 15) is 4.79 Å². The molecule has 2 fully saturated rings. The Hall–Kier alpha value is -0.530. The molecule has 0 radical (unpaired) electrons. The van der Waals surface area contributed by atoms with Gasteiger partial charge in [0.15, 0.2) is 5.96 Å². The summed E-state index contributed by atoms with van der Waals surface area (Å²) in [5, 5.41) is 6.94. The molecule has 1 aliphatic carbocycles. The molecule has 0 aromatic heterocycles. The standard InChI is InChI=1S/C18H34N4O.HI/c1-3-16(22-14-8-11-17(22)23)12-13-20-18(19-4-2)21-15-9-6-5-7-10-15;/h15-16H,3-14H2,1-2H3,(H2,19,20,21);1H. The van der Waals surface area contributed by atoms with E-state index in [1.54, 1.807) is 0 Å². The van der Waals surface area contributed by atoms with Gasteiger partial charge in [0.2, 0.25) is 5.91 Å². The number of guanidine groups is 1. The Morgan fingerprint density at radius 1 is 1.25 bits per heavy atom. The normalized spacial score (nSPS) is 20.7. The van der Waals surface area contributed by atoms with Gasteiger partial charge in [-0.1, -0.05) is 26.2 Å². The van der Waals surface area contributed by atoms with Gasteiger partial charge in [0, 0.05) is 38.1 Å². The predicted molar refractivity (Wildman–Crippen MR) is 111 cm³/mol. The third kappa shape index (κ3) is 6.76. The lowest BCUT2D eigenvalue weighted by Gasteiger charge is -2.27. The van der Waals surface area contributed by atoms with Gasteiger partial charge in [-0.15, -0.1) is 24.0 Å². The quantitative estimate of drug-likeness (QED) is 0.356. The topological polar surface area (TPSA) is 56.7 Å². The van der Waals surface area contributed by atoms with Gasteiger partial charge < -0.3 is 15.5 Å². The minimum absolute atomic E-state index is 0. The Kier molecular flexibility index (Phi) is 10.7. The van der Waals surface area contributed by atoms with Crippen LogP contribution >= 0.6 is 24.0 Å². The lowest BCUT2D eigenvalue weighted by atomic mass is 9.96. The Balaban J connectivity index is 0.00000288. The highest BCUT2D eigenvalue weighted by Gasteiger charge is 2.26. The summed E-state index contributed by atoms with van der Waals surface area (Å²) in [7, 11) is 0. The highest BCUT2D eigenvalue weighted by atomic mass is 127. The number of amides is 1. The smallest absolute Gasteiger partial charge is 0.222 e. The number of halogens is 1. The summed E-state index contributed by atoms with van der Waals surface area (Å²) < 4.78 is 0. The highest BCUT2D eigenvalue weighted by Crippen LogP contribution is 2.19. The number of hydrogen-bond acceptors (Lipinski definition) is 2. The van der Waals surface area contributed by atoms with Crippen molar-refractivity contribution in [1.29, 1.82) is 0 Å². The number of hydrogen-bond donors (Lipinski definition) is 2. The molecule has 2 rings (SSSR count). The van der Waals surface area contributed by atoms with E-state index in [0.29, 0.717) is 18.0 Å². The molecule has 5 nitrogen and oxygen atoms in total. The maximum absolute atomic E-state index is 11.9. The van der Waals surface area contributed by atoms with Crippen molar-refractivity contribution in [2.45, 2.75) is 83.7 Å². The maximum Gasteiger partial charge on any atom is 0.222 e. The minimum Gasteiger partial charge on any atom is -0.357 e. The van der Waals surface area contributed by atoms with E-state index in [1.807, 2.05) is 0 Å². The van der Waals surface area contributed by atoms with Crippen LogP contribution in [0.4, 0.5) is 0 Å². The van der Waals surface area contributed by atoms with Crippen LogP contribution in [-0.4, -0.2) is 48.5 Å². The van der Waals surface area contributed by atoms with Crippen LogP contribution in [0.1, 0.15) is 71.6 Å². The lowest BCUT2D eigenvalue weighted by molar-refractivity contribution is -0.129. The van der Waals surface area contributed by atoms with Crippen molar-refractivity contribution in [3.8, 4) is 0 Å². The second-order valence-corrected chi connectivity index (χ2v) is 6.78. The number of rotatable bonds is 7. The third-order valence-corrected chi connectivity index (χ3v) is 5.04. The van der Waals surface area contributed by atoms with Crippen molar-refractivity contribution in [2.75, 3.05) is 19.6 Å². The summed E-state index contributed by atoms with van der Waals surface area (Å²) in [6, 6.07) is 0.926. The molecule has 1 unspecified atom stereocenters. The Morgan fingerprint density at radius 3 is 2.58 bits per heavy atom. The van der Waals surface area contributed by atoms with Crippen LogP contribution in [0.2, 0.25) is 0 Å². The fourth-order valence-electron chi connectivity index (χ4n) is 3.72. The summed E-state index contributed by atoms with van der Waals surface area (Å²) in [4.78, 5) is 18.7. The summed E-state index contributed by atoms with van der Waals surface area (Å²) in [5.74, 6) is 1.27. The van der Waals surface area contributed by atoms with Crippen LogP contribution < -0.4 is 10.6 Å². The molecule has 0 spiro atoms. The molecular weight excluding hydrogens is 415 g/mol. The second-order valence-electron chi connectivity index (χ2n) is 6.78. The first-order valence-electron chi connectivity index (χ1n) is 9.58. The van der Waals surface area contributed by atoms with Crippen molar-refractivity contribution in [3.05, 3.63) is 0 Å². The van der Waals surface area contributed by atoms with Crippen molar-refractivity contribution >= 4 is 35.8 Å². The third-order valence-electron chi connectivity index (χ3n) is 5.04. The van der Waals surface area contributed by atoms with Crippen molar-refractivity contribution in [2.24, 2.45) is 4.99 Å². The van der Waals surface area contributed by atoms with E-state index in [0.717, 1.165) is 51.3 Å². The van der Waals surface area contributed by atoms with Crippen LogP contribution in [0.25, 0.3) is 0 Å². The first kappa shape index (κ1) is 21.5. The van der Waals surface area contributed by atoms with E-state index in [1.165, 1.54) is 32.1 Å². The van der Waals surface area contributed by atoms with Crippen LogP contribution in [0.5, 0.6) is 0 Å². The number of carbonyl (C=O) groups is 1. The van der Waals surface area contributed by atoms with Gasteiger partial charge in [-0.3, -0.25) is 9.79 Å².